The summed E-state index contributed by atoms with van der Waals surface area (Å²) in [6.45, 7) is 5.72. The minimum absolute atomic E-state index is 0.0344. The Balaban J connectivity index is 1.18. The molecule has 0 unspecified atom stereocenters. The summed E-state index contributed by atoms with van der Waals surface area (Å²) in [5.41, 5.74) is 1.52. The van der Waals surface area contributed by atoms with Crippen LogP contribution in [0.1, 0.15) is 35.4 Å². The number of nitrogens with zero attached hydrogens (tertiary/aromatic N) is 4. The molecule has 2 aliphatic rings. The van der Waals surface area contributed by atoms with Crippen molar-refractivity contribution in [3.63, 3.8) is 0 Å². The van der Waals surface area contributed by atoms with Gasteiger partial charge in [0.25, 0.3) is 0 Å². The Morgan fingerprint density at radius 1 is 1.00 bits per heavy atom. The molecule has 1 amide bonds. The maximum atomic E-state index is 14.0. The van der Waals surface area contributed by atoms with Gasteiger partial charge in [-0.2, -0.15) is 4.31 Å². The van der Waals surface area contributed by atoms with Gasteiger partial charge in [-0.25, -0.2) is 17.2 Å². The van der Waals surface area contributed by atoms with E-state index in [2.05, 4.69) is 22.2 Å². The maximum Gasteiger partial charge on any atom is 0.248 e. The van der Waals surface area contributed by atoms with Crippen molar-refractivity contribution in [2.75, 3.05) is 39.3 Å². The van der Waals surface area contributed by atoms with Crippen molar-refractivity contribution in [1.82, 2.24) is 19.3 Å². The van der Waals surface area contributed by atoms with Crippen LogP contribution in [0.3, 0.4) is 0 Å². The molecule has 2 aromatic carbocycles. The van der Waals surface area contributed by atoms with Crippen molar-refractivity contribution < 1.29 is 26.5 Å². The van der Waals surface area contributed by atoms with Gasteiger partial charge in [0.1, 0.15) is 17.3 Å². The van der Waals surface area contributed by atoms with Gasteiger partial charge in [0.15, 0.2) is 10.7 Å². The summed E-state index contributed by atoms with van der Waals surface area (Å²) in [5.74, 6) is -1.66. The molecule has 8 nitrogen and oxygen atoms in total. The van der Waals surface area contributed by atoms with Gasteiger partial charge in [-0.15, -0.1) is 0 Å². The number of benzene rings is 2. The molecule has 11 heteroatoms. The molecule has 1 aromatic heterocycles. The fourth-order valence-electron chi connectivity index (χ4n) is 5.30. The Morgan fingerprint density at radius 3 is 2.38 bits per heavy atom. The van der Waals surface area contributed by atoms with Crippen LogP contribution in [0.5, 0.6) is 0 Å². The van der Waals surface area contributed by atoms with Gasteiger partial charge >= 0.3 is 0 Å². The number of aryl methyl sites for hydroxylation is 1. The van der Waals surface area contributed by atoms with Crippen molar-refractivity contribution in [3.05, 3.63) is 82.7 Å². The lowest BCUT2D eigenvalue weighted by Crippen LogP contribution is -2.51. The van der Waals surface area contributed by atoms with E-state index in [0.29, 0.717) is 25.9 Å². The smallest absolute Gasteiger partial charge is 0.248 e. The number of piperidine rings is 1. The lowest BCUT2D eigenvalue weighted by Gasteiger charge is -2.38. The van der Waals surface area contributed by atoms with Crippen LogP contribution in [0.2, 0.25) is 0 Å². The highest BCUT2D eigenvalue weighted by atomic mass is 32.2. The van der Waals surface area contributed by atoms with Crippen molar-refractivity contribution in [2.45, 2.75) is 31.2 Å². The highest BCUT2D eigenvalue weighted by Gasteiger charge is 2.37. The van der Waals surface area contributed by atoms with Crippen LogP contribution in [0, 0.1) is 24.5 Å². The second-order valence-electron chi connectivity index (χ2n) is 10.2. The standard InChI is InChI=1S/C29H32F2N4O4S/c1-21-28(27(39-32-21)10-8-23-7-9-25(30)19-26(23)31)40(37,38)35-13-11-24(12-14-35)29(36)34-17-15-33(16-18-34)20-22-5-3-2-4-6-22/h2-10,19,24H,11-18,20H2,1H3. The number of carbonyl (C=O) groups is 1. The molecule has 0 radical (unpaired) electrons. The summed E-state index contributed by atoms with van der Waals surface area (Å²) in [7, 11) is -3.97. The van der Waals surface area contributed by atoms with Crippen LogP contribution in [-0.4, -0.2) is 72.9 Å². The zero-order valence-corrected chi connectivity index (χ0v) is 23.1. The molecule has 2 aliphatic heterocycles. The fourth-order valence-corrected chi connectivity index (χ4v) is 7.02. The van der Waals surface area contributed by atoms with E-state index in [9.17, 15) is 22.0 Å². The van der Waals surface area contributed by atoms with E-state index < -0.39 is 21.7 Å². The zero-order chi connectivity index (χ0) is 28.3. The minimum Gasteiger partial charge on any atom is -0.355 e. The molecule has 3 heterocycles. The Kier molecular flexibility index (Phi) is 8.43. The van der Waals surface area contributed by atoms with Crippen LogP contribution in [0.4, 0.5) is 8.78 Å². The highest BCUT2D eigenvalue weighted by molar-refractivity contribution is 7.89. The summed E-state index contributed by atoms with van der Waals surface area (Å²) >= 11 is 0. The molecule has 212 valence electrons. The first-order valence-electron chi connectivity index (χ1n) is 13.4. The van der Waals surface area contributed by atoms with Crippen LogP contribution in [0.15, 0.2) is 57.9 Å². The van der Waals surface area contributed by atoms with E-state index in [1.807, 2.05) is 23.1 Å². The summed E-state index contributed by atoms with van der Waals surface area (Å²) in [4.78, 5) is 17.4. The predicted octanol–water partition coefficient (Wildman–Crippen LogP) is 4.18. The van der Waals surface area contributed by atoms with Crippen LogP contribution < -0.4 is 0 Å². The fraction of sp³-hybridized carbons (Fsp3) is 0.379. The Bertz CT molecular complexity index is 1480. The first kappa shape index (κ1) is 28.1. The third-order valence-electron chi connectivity index (χ3n) is 7.54. The Labute approximate surface area is 232 Å². The van der Waals surface area contributed by atoms with Gasteiger partial charge in [0, 0.05) is 63.4 Å². The Morgan fingerprint density at radius 2 is 1.70 bits per heavy atom. The molecule has 0 N–H and O–H groups in total. The second-order valence-corrected chi connectivity index (χ2v) is 12.1. The quantitative estimate of drug-likeness (QED) is 0.424. The summed E-state index contributed by atoms with van der Waals surface area (Å²) < 4.78 is 60.9. The molecule has 2 fully saturated rings. The Hall–Kier alpha value is -3.41. The largest absolute Gasteiger partial charge is 0.355 e. The zero-order valence-electron chi connectivity index (χ0n) is 22.3. The highest BCUT2D eigenvalue weighted by Crippen LogP contribution is 2.30. The van der Waals surface area contributed by atoms with Gasteiger partial charge in [0.05, 0.1) is 0 Å². The number of carbonyl (C=O) groups excluding carboxylic acids is 1. The molecule has 2 saturated heterocycles. The molecule has 0 aliphatic carbocycles. The third kappa shape index (κ3) is 6.16. The number of hydrogen-bond donors (Lipinski definition) is 0. The van der Waals surface area contributed by atoms with Gasteiger partial charge < -0.3 is 9.42 Å². The number of hydrogen-bond acceptors (Lipinski definition) is 6. The molecule has 0 atom stereocenters. The average Bonchev–Trinajstić information content (AvgIpc) is 3.34. The van der Waals surface area contributed by atoms with E-state index in [1.165, 1.54) is 35.0 Å². The number of halogens is 2. The molecular weight excluding hydrogens is 538 g/mol. The topological polar surface area (TPSA) is 87.0 Å². The molecule has 3 aromatic rings. The maximum absolute atomic E-state index is 14.0. The molecular formula is C29H32F2N4O4S. The molecule has 0 saturated carbocycles. The van der Waals surface area contributed by atoms with E-state index in [4.69, 9.17) is 4.52 Å². The normalized spacial score (nSPS) is 18.0. The SMILES string of the molecule is Cc1noc(C=Cc2ccc(F)cc2F)c1S(=O)(=O)N1CCC(C(=O)N2CCN(Cc3ccccc3)CC2)CC1. The van der Waals surface area contributed by atoms with E-state index >= 15 is 0 Å². The van der Waals surface area contributed by atoms with E-state index in [-0.39, 0.29) is 46.8 Å². The molecule has 0 bridgehead atoms. The lowest BCUT2D eigenvalue weighted by molar-refractivity contribution is -0.138. The minimum atomic E-state index is -3.97. The monoisotopic (exact) mass is 570 g/mol. The lowest BCUT2D eigenvalue weighted by atomic mass is 9.96. The van der Waals surface area contributed by atoms with Gasteiger partial charge in [0.2, 0.25) is 15.9 Å². The first-order chi connectivity index (χ1) is 19.2. The summed E-state index contributed by atoms with van der Waals surface area (Å²) in [6.07, 6.45) is 3.49. The van der Waals surface area contributed by atoms with Crippen LogP contribution >= 0.6 is 0 Å². The number of sulfonamides is 1. The van der Waals surface area contributed by atoms with Crippen LogP contribution in [0.25, 0.3) is 12.2 Å². The molecule has 40 heavy (non-hydrogen) atoms. The van der Waals surface area contributed by atoms with Gasteiger partial charge in [-0.3, -0.25) is 9.69 Å². The number of rotatable bonds is 7. The summed E-state index contributed by atoms with van der Waals surface area (Å²) in [6, 6.07) is 13.4. The number of aromatic nitrogens is 1. The van der Waals surface area contributed by atoms with E-state index in [0.717, 1.165) is 31.8 Å². The van der Waals surface area contributed by atoms with E-state index in [1.54, 1.807) is 0 Å². The molecule has 5 rings (SSSR count). The second kappa shape index (κ2) is 12.0. The van der Waals surface area contributed by atoms with Crippen molar-refractivity contribution in [2.24, 2.45) is 5.92 Å². The van der Waals surface area contributed by atoms with Crippen molar-refractivity contribution >= 4 is 28.1 Å². The number of piperazine rings is 1. The van der Waals surface area contributed by atoms with Crippen LogP contribution in [-0.2, 0) is 21.4 Å². The molecule has 0 spiro atoms. The average molecular weight is 571 g/mol. The van der Waals surface area contributed by atoms with Gasteiger partial charge in [-0.05, 0) is 49.6 Å². The predicted molar refractivity (Wildman–Crippen MR) is 146 cm³/mol. The van der Waals surface area contributed by atoms with Crippen molar-refractivity contribution in [3.8, 4) is 0 Å². The summed E-state index contributed by atoms with van der Waals surface area (Å²) in [5, 5.41) is 3.81. The number of amides is 1. The third-order valence-corrected chi connectivity index (χ3v) is 9.60. The van der Waals surface area contributed by atoms with Crippen molar-refractivity contribution in [1.29, 1.82) is 0 Å². The first-order valence-corrected chi connectivity index (χ1v) is 14.8. The van der Waals surface area contributed by atoms with Gasteiger partial charge in [-0.1, -0.05) is 35.5 Å².